The van der Waals surface area contributed by atoms with Gasteiger partial charge in [-0.3, -0.25) is 0 Å². The third kappa shape index (κ3) is 3.47. The monoisotopic (exact) mass is 417 g/mol. The summed E-state index contributed by atoms with van der Waals surface area (Å²) in [5.41, 5.74) is 9.52. The van der Waals surface area contributed by atoms with Crippen molar-refractivity contribution in [2.75, 3.05) is 11.5 Å². The molecule has 0 aliphatic carbocycles. The molecule has 0 fully saturated rings. The van der Waals surface area contributed by atoms with Crippen LogP contribution in [0, 0.1) is 0 Å². The molecule has 27 heavy (non-hydrogen) atoms. The van der Waals surface area contributed by atoms with Gasteiger partial charge in [-0.05, 0) is 23.7 Å². The largest absolute Gasteiger partial charge is 0.611 e. The van der Waals surface area contributed by atoms with E-state index >= 15 is 0 Å². The number of imidazole rings is 1. The first-order chi connectivity index (χ1) is 13.1. The quantitative estimate of drug-likeness (QED) is 0.472. The molecule has 6 nitrogen and oxygen atoms in total. The van der Waals surface area contributed by atoms with Crippen LogP contribution in [0.1, 0.15) is 19.8 Å². The Bertz CT molecular complexity index is 1070. The molecule has 0 aliphatic heterocycles. The van der Waals surface area contributed by atoms with Crippen LogP contribution in [0.15, 0.2) is 34.4 Å². The first-order valence-corrected chi connectivity index (χ1v) is 11.6. The molecule has 0 aromatic carbocycles. The Balaban J connectivity index is 1.93. The second-order valence-corrected chi connectivity index (χ2v) is 9.86. The number of anilines is 1. The normalized spacial score (nSPS) is 12.7. The molecule has 2 N–H and O–H groups in total. The van der Waals surface area contributed by atoms with Crippen LogP contribution < -0.4 is 5.73 Å². The molecule has 0 saturated heterocycles. The average Bonchev–Trinajstić information content (AvgIpc) is 3.39. The topological polar surface area (TPSA) is 92.7 Å². The summed E-state index contributed by atoms with van der Waals surface area (Å²) < 4.78 is 15.3. The first-order valence-electron chi connectivity index (χ1n) is 8.58. The third-order valence-electron chi connectivity index (χ3n) is 4.19. The summed E-state index contributed by atoms with van der Waals surface area (Å²) in [6.07, 6.45) is 7.38. The van der Waals surface area contributed by atoms with Crippen molar-refractivity contribution in [3.8, 4) is 22.0 Å². The van der Waals surface area contributed by atoms with Crippen molar-refractivity contribution in [3.05, 3.63) is 30.2 Å². The zero-order valence-corrected chi connectivity index (χ0v) is 17.5. The maximum atomic E-state index is 12.7. The van der Waals surface area contributed by atoms with Crippen molar-refractivity contribution in [1.82, 2.24) is 19.5 Å². The molecule has 0 radical (unpaired) electrons. The highest BCUT2D eigenvalue weighted by molar-refractivity contribution is 7.93. The molecule has 4 aromatic heterocycles. The molecular weight excluding hydrogens is 398 g/mol. The van der Waals surface area contributed by atoms with E-state index in [1.165, 1.54) is 22.7 Å². The smallest absolute Gasteiger partial charge is 0.232 e. The van der Waals surface area contributed by atoms with Gasteiger partial charge in [-0.25, -0.2) is 15.0 Å². The number of aryl methyl sites for hydroxylation is 1. The number of aromatic nitrogens is 4. The number of hydrogen-bond acceptors (Lipinski definition) is 7. The van der Waals surface area contributed by atoms with Gasteiger partial charge in [0.2, 0.25) is 4.21 Å². The van der Waals surface area contributed by atoms with Crippen molar-refractivity contribution in [2.24, 2.45) is 7.05 Å². The van der Waals surface area contributed by atoms with Gasteiger partial charge < -0.3 is 14.9 Å². The van der Waals surface area contributed by atoms with Crippen molar-refractivity contribution in [1.29, 1.82) is 0 Å². The lowest BCUT2D eigenvalue weighted by molar-refractivity contribution is 0.594. The van der Waals surface area contributed by atoms with Crippen molar-refractivity contribution in [2.45, 2.75) is 24.0 Å². The maximum absolute atomic E-state index is 12.7. The fraction of sp³-hybridized carbons (Fsp3) is 0.278. The lowest BCUT2D eigenvalue weighted by Crippen LogP contribution is -2.06. The van der Waals surface area contributed by atoms with Crippen molar-refractivity contribution in [3.63, 3.8) is 0 Å². The Labute approximate surface area is 168 Å². The minimum Gasteiger partial charge on any atom is -0.611 e. The molecule has 0 spiro atoms. The van der Waals surface area contributed by atoms with E-state index in [9.17, 15) is 4.55 Å². The zero-order chi connectivity index (χ0) is 19.0. The molecule has 0 unspecified atom stereocenters. The number of nitrogens with two attached hydrogens (primary N) is 1. The predicted molar refractivity (Wildman–Crippen MR) is 114 cm³/mol. The van der Waals surface area contributed by atoms with Gasteiger partial charge in [0.15, 0.2) is 0 Å². The number of nitrogens with zero attached hydrogens (tertiary/aromatic N) is 4. The van der Waals surface area contributed by atoms with E-state index in [4.69, 9.17) is 10.7 Å². The van der Waals surface area contributed by atoms with Crippen LogP contribution >= 0.6 is 22.7 Å². The lowest BCUT2D eigenvalue weighted by Gasteiger charge is -2.08. The third-order valence-corrected chi connectivity index (χ3v) is 7.98. The number of hydrogen-bond donors (Lipinski definition) is 1. The highest BCUT2D eigenvalue weighted by Crippen LogP contribution is 2.43. The van der Waals surface area contributed by atoms with Gasteiger partial charge in [-0.1, -0.05) is 24.7 Å². The van der Waals surface area contributed by atoms with E-state index in [2.05, 4.69) is 16.9 Å². The van der Waals surface area contributed by atoms with E-state index in [1.54, 1.807) is 12.5 Å². The molecule has 4 heterocycles. The summed E-state index contributed by atoms with van der Waals surface area (Å²) in [6, 6.07) is 1.98. The zero-order valence-electron chi connectivity index (χ0n) is 15.0. The Kier molecular flexibility index (Phi) is 5.18. The number of unbranched alkanes of at least 4 members (excludes halogenated alkanes) is 1. The summed E-state index contributed by atoms with van der Waals surface area (Å²) in [4.78, 5) is 14.4. The van der Waals surface area contributed by atoms with Crippen LogP contribution in [0.5, 0.6) is 0 Å². The summed E-state index contributed by atoms with van der Waals surface area (Å²) in [5, 5.41) is 3.60. The van der Waals surface area contributed by atoms with Gasteiger partial charge in [-0.2, -0.15) is 0 Å². The van der Waals surface area contributed by atoms with Gasteiger partial charge in [-0.15, -0.1) is 11.3 Å². The predicted octanol–water partition coefficient (Wildman–Crippen LogP) is 4.31. The van der Waals surface area contributed by atoms with E-state index < -0.39 is 11.2 Å². The molecule has 9 heteroatoms. The SMILES string of the molecule is CCCC[S@@+]([O-])c1sc2nc(-c3nccs3)cc(-c3cn(C)cn3)c2c1N. The molecule has 4 aromatic rings. The minimum absolute atomic E-state index is 0.559. The van der Waals surface area contributed by atoms with Crippen molar-refractivity contribution >= 4 is 49.8 Å². The summed E-state index contributed by atoms with van der Waals surface area (Å²) in [6.45, 7) is 2.09. The molecule has 1 atom stereocenters. The van der Waals surface area contributed by atoms with Crippen LogP contribution in [-0.4, -0.2) is 29.8 Å². The van der Waals surface area contributed by atoms with Gasteiger partial charge in [0.1, 0.15) is 27.0 Å². The second-order valence-electron chi connectivity index (χ2n) is 6.20. The fourth-order valence-electron chi connectivity index (χ4n) is 2.85. The van der Waals surface area contributed by atoms with E-state index in [0.29, 0.717) is 15.6 Å². The Hall–Kier alpha value is -1.94. The van der Waals surface area contributed by atoms with Crippen LogP contribution in [0.2, 0.25) is 0 Å². The fourth-order valence-corrected chi connectivity index (χ4v) is 6.24. The van der Waals surface area contributed by atoms with E-state index in [1.807, 2.05) is 29.3 Å². The Morgan fingerprint density at radius 3 is 2.81 bits per heavy atom. The number of fused-ring (bicyclic) bond motifs is 1. The molecule has 140 valence electrons. The number of thiazole rings is 1. The standard InChI is InChI=1S/C18H19N5OS3/c1-3-4-7-27(24)18-15(19)14-11(13-9-23(2)10-21-13)8-12(22-17(14)26-18)16-20-5-6-25-16/h5-6,8-10H,3-4,7,19H2,1-2H3/t27-/m1/s1. The number of nitrogen functional groups attached to an aromatic ring is 1. The molecular formula is C18H19N5OS3. The Morgan fingerprint density at radius 2 is 2.15 bits per heavy atom. The van der Waals surface area contributed by atoms with E-state index in [0.717, 1.165) is 45.0 Å². The lowest BCUT2D eigenvalue weighted by atomic mass is 10.1. The van der Waals surface area contributed by atoms with Gasteiger partial charge in [0.25, 0.3) is 0 Å². The van der Waals surface area contributed by atoms with Crippen molar-refractivity contribution < 1.29 is 4.55 Å². The maximum Gasteiger partial charge on any atom is 0.232 e. The van der Waals surface area contributed by atoms with Crippen LogP contribution in [0.3, 0.4) is 0 Å². The molecule has 0 amide bonds. The highest BCUT2D eigenvalue weighted by atomic mass is 32.2. The average molecular weight is 418 g/mol. The molecule has 0 bridgehead atoms. The number of thiophene rings is 1. The highest BCUT2D eigenvalue weighted by Gasteiger charge is 2.25. The van der Waals surface area contributed by atoms with Gasteiger partial charge >= 0.3 is 0 Å². The number of pyridine rings is 1. The first kappa shape index (κ1) is 18.4. The summed E-state index contributed by atoms with van der Waals surface area (Å²) >= 11 is 1.84. The molecule has 0 saturated carbocycles. The second kappa shape index (κ2) is 7.59. The van der Waals surface area contributed by atoms with Gasteiger partial charge in [0, 0.05) is 35.8 Å². The van der Waals surface area contributed by atoms with Crippen LogP contribution in [-0.2, 0) is 18.2 Å². The minimum atomic E-state index is -1.12. The summed E-state index contributed by atoms with van der Waals surface area (Å²) in [5.74, 6) is 0.617. The molecule has 4 rings (SSSR count). The van der Waals surface area contributed by atoms with Gasteiger partial charge in [0.05, 0.1) is 12.0 Å². The molecule has 0 aliphatic rings. The van der Waals surface area contributed by atoms with Crippen LogP contribution in [0.25, 0.3) is 32.2 Å². The van der Waals surface area contributed by atoms with Crippen LogP contribution in [0.4, 0.5) is 5.69 Å². The van der Waals surface area contributed by atoms with E-state index in [-0.39, 0.29) is 0 Å². The Morgan fingerprint density at radius 1 is 1.30 bits per heavy atom. The summed E-state index contributed by atoms with van der Waals surface area (Å²) in [7, 11) is 1.93. The number of rotatable bonds is 6.